The number of hydrogen-bond acceptors (Lipinski definition) is 2. The van der Waals surface area contributed by atoms with Crippen molar-refractivity contribution in [1.82, 2.24) is 0 Å². The molecule has 0 spiro atoms. The van der Waals surface area contributed by atoms with Gasteiger partial charge in [-0.3, -0.25) is 0 Å². The van der Waals surface area contributed by atoms with Gasteiger partial charge in [0.15, 0.2) is 0 Å². The summed E-state index contributed by atoms with van der Waals surface area (Å²) in [4.78, 5) is 0. The van der Waals surface area contributed by atoms with Crippen molar-refractivity contribution in [3.8, 4) is 0 Å². The monoisotopic (exact) mass is 216 g/mol. The Labute approximate surface area is 95.0 Å². The number of ether oxygens (including phenoxy) is 1. The Morgan fingerprint density at radius 1 is 1.20 bits per heavy atom. The largest absolute Gasteiger partial charge is 0.393 e. The summed E-state index contributed by atoms with van der Waals surface area (Å²) < 4.78 is 5.78. The molecule has 0 rings (SSSR count). The van der Waals surface area contributed by atoms with Gasteiger partial charge in [-0.2, -0.15) is 0 Å². The first-order valence-corrected chi connectivity index (χ1v) is 6.29. The molecule has 0 aliphatic rings. The maximum absolute atomic E-state index is 9.70. The van der Waals surface area contributed by atoms with Crippen molar-refractivity contribution < 1.29 is 9.84 Å². The highest BCUT2D eigenvalue weighted by Gasteiger charge is 2.27. The maximum atomic E-state index is 9.70. The smallest absolute Gasteiger partial charge is 0.0569 e. The molecule has 2 unspecified atom stereocenters. The summed E-state index contributed by atoms with van der Waals surface area (Å²) in [7, 11) is 0. The lowest BCUT2D eigenvalue weighted by molar-refractivity contribution is -0.0107. The first kappa shape index (κ1) is 14.9. The summed E-state index contributed by atoms with van der Waals surface area (Å²) in [5.41, 5.74) is 0.00598. The summed E-state index contributed by atoms with van der Waals surface area (Å²) in [6.45, 7) is 11.2. The van der Waals surface area contributed by atoms with Crippen molar-refractivity contribution in [2.75, 3.05) is 6.61 Å². The highest BCUT2D eigenvalue weighted by atomic mass is 16.5. The highest BCUT2D eigenvalue weighted by molar-refractivity contribution is 4.78. The Hall–Kier alpha value is -0.0800. The van der Waals surface area contributed by atoms with Crippen molar-refractivity contribution in [3.63, 3.8) is 0 Å². The van der Waals surface area contributed by atoms with Crippen molar-refractivity contribution >= 4 is 0 Å². The first-order chi connectivity index (χ1) is 7.00. The molecule has 0 aliphatic heterocycles. The van der Waals surface area contributed by atoms with Gasteiger partial charge in [0.05, 0.1) is 12.2 Å². The molecule has 2 atom stereocenters. The van der Waals surface area contributed by atoms with Crippen LogP contribution in [0.5, 0.6) is 0 Å². The average molecular weight is 216 g/mol. The molecule has 1 N–H and O–H groups in total. The minimum absolute atomic E-state index is 0.00598. The lowest BCUT2D eigenvalue weighted by Gasteiger charge is -2.32. The number of aliphatic hydroxyl groups is 1. The molecule has 0 aromatic rings. The van der Waals surface area contributed by atoms with E-state index in [0.29, 0.717) is 6.10 Å². The molecular formula is C13H28O2. The third-order valence-corrected chi connectivity index (χ3v) is 3.75. The average Bonchev–Trinajstić information content (AvgIpc) is 2.23. The van der Waals surface area contributed by atoms with Gasteiger partial charge in [0.25, 0.3) is 0 Å². The van der Waals surface area contributed by atoms with E-state index in [1.54, 1.807) is 0 Å². The van der Waals surface area contributed by atoms with Gasteiger partial charge >= 0.3 is 0 Å². The summed E-state index contributed by atoms with van der Waals surface area (Å²) in [5.74, 6) is 0. The second-order valence-corrected chi connectivity index (χ2v) is 4.74. The van der Waals surface area contributed by atoms with Crippen LogP contribution in [0, 0.1) is 5.41 Å². The lowest BCUT2D eigenvalue weighted by atomic mass is 9.79. The molecule has 0 aliphatic carbocycles. The van der Waals surface area contributed by atoms with Gasteiger partial charge in [-0.25, -0.2) is 0 Å². The second kappa shape index (κ2) is 7.24. The zero-order valence-electron chi connectivity index (χ0n) is 11.0. The van der Waals surface area contributed by atoms with E-state index in [-0.39, 0.29) is 11.5 Å². The van der Waals surface area contributed by atoms with E-state index < -0.39 is 0 Å². The number of hydrogen-bond donors (Lipinski definition) is 1. The predicted molar refractivity (Wildman–Crippen MR) is 65.0 cm³/mol. The molecule has 15 heavy (non-hydrogen) atoms. The molecule has 0 aromatic carbocycles. The highest BCUT2D eigenvalue weighted by Crippen LogP contribution is 2.30. The van der Waals surface area contributed by atoms with E-state index in [1.165, 1.54) is 0 Å². The van der Waals surface area contributed by atoms with E-state index >= 15 is 0 Å². The van der Waals surface area contributed by atoms with Crippen molar-refractivity contribution in [2.24, 2.45) is 5.41 Å². The summed E-state index contributed by atoms with van der Waals surface area (Å²) >= 11 is 0. The van der Waals surface area contributed by atoms with Crippen molar-refractivity contribution in [3.05, 3.63) is 0 Å². The van der Waals surface area contributed by atoms with Gasteiger partial charge < -0.3 is 9.84 Å². The Balaban J connectivity index is 3.91. The van der Waals surface area contributed by atoms with Crippen LogP contribution in [-0.2, 0) is 4.74 Å². The summed E-state index contributed by atoms with van der Waals surface area (Å²) in [5, 5.41) is 9.70. The number of rotatable bonds is 8. The molecule has 0 amide bonds. The zero-order valence-corrected chi connectivity index (χ0v) is 11.0. The fourth-order valence-electron chi connectivity index (χ4n) is 1.66. The topological polar surface area (TPSA) is 29.5 Å². The third-order valence-electron chi connectivity index (χ3n) is 3.75. The maximum Gasteiger partial charge on any atom is 0.0569 e. The first-order valence-electron chi connectivity index (χ1n) is 6.29. The predicted octanol–water partition coefficient (Wildman–Crippen LogP) is 3.38. The molecule has 2 heteroatoms. The van der Waals surface area contributed by atoms with Crippen LogP contribution in [-0.4, -0.2) is 23.9 Å². The van der Waals surface area contributed by atoms with Gasteiger partial charge in [-0.1, -0.05) is 27.7 Å². The quantitative estimate of drug-likeness (QED) is 0.674. The molecule has 0 aromatic heterocycles. The molecule has 0 saturated carbocycles. The Morgan fingerprint density at radius 2 is 1.73 bits per heavy atom. The molecule has 0 radical (unpaired) electrons. The molecule has 0 saturated heterocycles. The zero-order chi connectivity index (χ0) is 11.9. The van der Waals surface area contributed by atoms with Crippen LogP contribution in [0.1, 0.15) is 60.3 Å². The fraction of sp³-hybridized carbons (Fsp3) is 1.00. The van der Waals surface area contributed by atoms with E-state index in [2.05, 4.69) is 27.7 Å². The van der Waals surface area contributed by atoms with Gasteiger partial charge in [-0.05, 0) is 38.0 Å². The van der Waals surface area contributed by atoms with Crippen LogP contribution >= 0.6 is 0 Å². The van der Waals surface area contributed by atoms with Crippen LogP contribution in [0.15, 0.2) is 0 Å². The van der Waals surface area contributed by atoms with Crippen LogP contribution < -0.4 is 0 Å². The summed E-state index contributed by atoms with van der Waals surface area (Å²) in [6, 6.07) is 0. The van der Waals surface area contributed by atoms with Crippen molar-refractivity contribution in [1.29, 1.82) is 0 Å². The standard InChI is InChI=1S/C13H28O2/c1-6-12(7-2)15-10-9-13(5,8-3)11(4)14/h11-12,14H,6-10H2,1-5H3. The summed E-state index contributed by atoms with van der Waals surface area (Å²) in [6.07, 6.45) is 4.23. The minimum atomic E-state index is -0.257. The van der Waals surface area contributed by atoms with Gasteiger partial charge in [0.2, 0.25) is 0 Å². The normalized spacial score (nSPS) is 17.8. The van der Waals surface area contributed by atoms with E-state index in [4.69, 9.17) is 4.74 Å². The Bertz CT molecular complexity index is 153. The third kappa shape index (κ3) is 4.98. The van der Waals surface area contributed by atoms with Crippen LogP contribution in [0.2, 0.25) is 0 Å². The Kier molecular flexibility index (Phi) is 7.20. The van der Waals surface area contributed by atoms with Crippen molar-refractivity contribution in [2.45, 2.75) is 72.5 Å². The van der Waals surface area contributed by atoms with Crippen LogP contribution in [0.25, 0.3) is 0 Å². The van der Waals surface area contributed by atoms with E-state index in [0.717, 1.165) is 32.3 Å². The van der Waals surface area contributed by atoms with Gasteiger partial charge in [0, 0.05) is 6.61 Å². The Morgan fingerprint density at radius 3 is 2.07 bits per heavy atom. The molecule has 0 bridgehead atoms. The van der Waals surface area contributed by atoms with Crippen LogP contribution in [0.4, 0.5) is 0 Å². The molecule has 0 heterocycles. The molecule has 2 nitrogen and oxygen atoms in total. The lowest BCUT2D eigenvalue weighted by Crippen LogP contribution is -2.31. The molecular weight excluding hydrogens is 188 g/mol. The van der Waals surface area contributed by atoms with Gasteiger partial charge in [0.1, 0.15) is 0 Å². The molecule has 92 valence electrons. The SMILES string of the molecule is CCC(CC)OCCC(C)(CC)C(C)O. The van der Waals surface area contributed by atoms with E-state index in [9.17, 15) is 5.11 Å². The van der Waals surface area contributed by atoms with Crippen LogP contribution in [0.3, 0.4) is 0 Å². The second-order valence-electron chi connectivity index (χ2n) is 4.74. The number of aliphatic hydroxyl groups excluding tert-OH is 1. The minimum Gasteiger partial charge on any atom is -0.393 e. The fourth-order valence-corrected chi connectivity index (χ4v) is 1.66. The van der Waals surface area contributed by atoms with Gasteiger partial charge in [-0.15, -0.1) is 0 Å². The molecule has 0 fully saturated rings. The van der Waals surface area contributed by atoms with E-state index in [1.807, 2.05) is 6.92 Å².